The van der Waals surface area contributed by atoms with Crippen LogP contribution in [0.2, 0.25) is 0 Å². The quantitative estimate of drug-likeness (QED) is 0.486. The molecule has 2 aromatic carbocycles. The molecule has 3 rings (SSSR count). The van der Waals surface area contributed by atoms with Crippen LogP contribution < -0.4 is 14.8 Å². The van der Waals surface area contributed by atoms with Gasteiger partial charge >= 0.3 is 5.97 Å². The number of rotatable bonds is 11. The van der Waals surface area contributed by atoms with E-state index >= 15 is 0 Å². The van der Waals surface area contributed by atoms with Gasteiger partial charge in [-0.2, -0.15) is 0 Å². The maximum Gasteiger partial charge on any atom is 0.326 e. The predicted octanol–water partition coefficient (Wildman–Crippen LogP) is 3.19. The van der Waals surface area contributed by atoms with Gasteiger partial charge in [0, 0.05) is 0 Å². The molecule has 0 aromatic heterocycles. The number of aliphatic carboxylic acids is 1. The van der Waals surface area contributed by atoms with Crippen molar-refractivity contribution in [3.63, 3.8) is 0 Å². The van der Waals surface area contributed by atoms with E-state index in [2.05, 4.69) is 5.32 Å². The smallest absolute Gasteiger partial charge is 0.326 e. The Labute approximate surface area is 197 Å². The van der Waals surface area contributed by atoms with Crippen molar-refractivity contribution in [1.29, 1.82) is 0 Å². The number of carbonyl (C=O) groups excluding carboxylic acids is 3. The number of carboxylic acid groups (broad SMARTS) is 1. The number of carboxylic acids is 1. The topological polar surface area (TPSA) is 122 Å². The van der Waals surface area contributed by atoms with Gasteiger partial charge in [0.15, 0.2) is 11.5 Å². The fourth-order valence-electron chi connectivity index (χ4n) is 3.99. The van der Waals surface area contributed by atoms with E-state index in [-0.39, 0.29) is 24.0 Å². The summed E-state index contributed by atoms with van der Waals surface area (Å²) in [6, 6.07) is 9.34. The van der Waals surface area contributed by atoms with Crippen molar-refractivity contribution in [2.24, 2.45) is 0 Å². The zero-order valence-electron chi connectivity index (χ0n) is 19.4. The van der Waals surface area contributed by atoms with Crippen LogP contribution in [0.3, 0.4) is 0 Å². The number of methoxy groups -OCH3 is 1. The molecule has 0 saturated carbocycles. The third-order valence-corrected chi connectivity index (χ3v) is 5.60. The van der Waals surface area contributed by atoms with Crippen molar-refractivity contribution in [1.82, 2.24) is 10.2 Å². The van der Waals surface area contributed by atoms with Gasteiger partial charge in [-0.25, -0.2) is 4.79 Å². The Morgan fingerprint density at radius 2 is 1.68 bits per heavy atom. The Morgan fingerprint density at radius 1 is 1.03 bits per heavy atom. The van der Waals surface area contributed by atoms with E-state index in [0.717, 1.165) is 4.90 Å². The lowest BCUT2D eigenvalue weighted by molar-refractivity contribution is -0.142. The lowest BCUT2D eigenvalue weighted by Crippen LogP contribution is -2.43. The minimum atomic E-state index is -1.14. The summed E-state index contributed by atoms with van der Waals surface area (Å²) >= 11 is 0. The summed E-state index contributed by atoms with van der Waals surface area (Å²) < 4.78 is 11.0. The molecule has 180 valence electrons. The van der Waals surface area contributed by atoms with Gasteiger partial charge in [0.05, 0.1) is 37.3 Å². The van der Waals surface area contributed by atoms with Gasteiger partial charge in [0.1, 0.15) is 6.04 Å². The maximum atomic E-state index is 13.2. The van der Waals surface area contributed by atoms with E-state index in [0.29, 0.717) is 30.1 Å². The molecule has 0 bridgehead atoms. The lowest BCUT2D eigenvalue weighted by Gasteiger charge is -2.27. The molecular formula is C25H28N2O7. The molecule has 0 fully saturated rings. The van der Waals surface area contributed by atoms with E-state index in [1.807, 2.05) is 6.92 Å². The standard InChI is InChI=1S/C25H28N2O7/c1-4-8-18(25(31)32)26-22(28)14-19(15-11-12-20(33-3)21(13-15)34-5-2)27-23(29)16-9-6-7-10-17(16)24(27)30/h6-7,9-13,18-19H,4-5,8,14H2,1-3H3,(H,26,28)(H,31,32). The summed E-state index contributed by atoms with van der Waals surface area (Å²) in [7, 11) is 1.49. The van der Waals surface area contributed by atoms with Gasteiger partial charge < -0.3 is 19.9 Å². The third-order valence-electron chi connectivity index (χ3n) is 5.60. The second-order valence-electron chi connectivity index (χ2n) is 7.84. The van der Waals surface area contributed by atoms with Crippen molar-refractivity contribution in [3.05, 3.63) is 59.2 Å². The Balaban J connectivity index is 2.00. The number of amides is 3. The summed E-state index contributed by atoms with van der Waals surface area (Å²) in [5.41, 5.74) is 0.993. The van der Waals surface area contributed by atoms with E-state index in [1.165, 1.54) is 7.11 Å². The van der Waals surface area contributed by atoms with Gasteiger partial charge in [0.2, 0.25) is 5.91 Å². The molecule has 3 amide bonds. The minimum Gasteiger partial charge on any atom is -0.493 e. The van der Waals surface area contributed by atoms with Crippen molar-refractivity contribution in [2.45, 2.75) is 45.2 Å². The highest BCUT2D eigenvalue weighted by atomic mass is 16.5. The number of nitrogens with one attached hydrogen (secondary N) is 1. The Hall–Kier alpha value is -3.88. The van der Waals surface area contributed by atoms with Crippen molar-refractivity contribution in [3.8, 4) is 11.5 Å². The van der Waals surface area contributed by atoms with Crippen LogP contribution >= 0.6 is 0 Å². The van der Waals surface area contributed by atoms with Crippen LogP contribution in [0, 0.1) is 0 Å². The van der Waals surface area contributed by atoms with E-state index in [9.17, 15) is 24.3 Å². The molecule has 1 heterocycles. The first-order valence-corrected chi connectivity index (χ1v) is 11.1. The number of fused-ring (bicyclic) bond motifs is 1. The van der Waals surface area contributed by atoms with Gasteiger partial charge in [-0.3, -0.25) is 19.3 Å². The first-order valence-electron chi connectivity index (χ1n) is 11.1. The van der Waals surface area contributed by atoms with Crippen LogP contribution in [0.4, 0.5) is 0 Å². The van der Waals surface area contributed by atoms with Crippen LogP contribution in [0.25, 0.3) is 0 Å². The zero-order chi connectivity index (χ0) is 24.8. The molecule has 34 heavy (non-hydrogen) atoms. The molecular weight excluding hydrogens is 440 g/mol. The number of carbonyl (C=O) groups is 4. The third kappa shape index (κ3) is 5.03. The monoisotopic (exact) mass is 468 g/mol. The first-order chi connectivity index (χ1) is 16.3. The largest absolute Gasteiger partial charge is 0.493 e. The number of hydrogen-bond acceptors (Lipinski definition) is 6. The summed E-state index contributed by atoms with van der Waals surface area (Å²) in [4.78, 5) is 51.9. The first kappa shape index (κ1) is 24.8. The zero-order valence-corrected chi connectivity index (χ0v) is 19.4. The van der Waals surface area contributed by atoms with Crippen molar-refractivity contribution in [2.75, 3.05) is 13.7 Å². The molecule has 2 unspecified atom stereocenters. The molecule has 0 aliphatic carbocycles. The number of imide groups is 1. The van der Waals surface area contributed by atoms with Crippen molar-refractivity contribution < 1.29 is 33.8 Å². The Bertz CT molecular complexity index is 1060. The van der Waals surface area contributed by atoms with Crippen LogP contribution in [-0.4, -0.2) is 53.5 Å². The van der Waals surface area contributed by atoms with Gasteiger partial charge in [-0.15, -0.1) is 0 Å². The number of nitrogens with zero attached hydrogens (tertiary/aromatic N) is 1. The molecule has 2 aromatic rings. The number of benzene rings is 2. The maximum absolute atomic E-state index is 13.2. The highest BCUT2D eigenvalue weighted by molar-refractivity contribution is 6.21. The number of hydrogen-bond donors (Lipinski definition) is 2. The average molecular weight is 469 g/mol. The van der Waals surface area contributed by atoms with Crippen LogP contribution in [0.1, 0.15) is 65.4 Å². The fraction of sp³-hybridized carbons (Fsp3) is 0.360. The summed E-state index contributed by atoms with van der Waals surface area (Å²) in [6.45, 7) is 3.98. The second kappa shape index (κ2) is 10.8. The average Bonchev–Trinajstić information content (AvgIpc) is 3.07. The predicted molar refractivity (Wildman–Crippen MR) is 123 cm³/mol. The molecule has 0 spiro atoms. The van der Waals surface area contributed by atoms with Crippen LogP contribution in [0.15, 0.2) is 42.5 Å². The minimum absolute atomic E-state index is 0.255. The Morgan fingerprint density at radius 3 is 2.21 bits per heavy atom. The molecule has 2 atom stereocenters. The van der Waals surface area contributed by atoms with Crippen molar-refractivity contribution >= 4 is 23.7 Å². The normalized spacial score (nSPS) is 14.4. The molecule has 0 radical (unpaired) electrons. The fourth-order valence-corrected chi connectivity index (χ4v) is 3.99. The molecule has 2 N–H and O–H groups in total. The summed E-state index contributed by atoms with van der Waals surface area (Å²) in [5.74, 6) is -1.90. The van der Waals surface area contributed by atoms with E-state index in [1.54, 1.807) is 49.4 Å². The summed E-state index contributed by atoms with van der Waals surface area (Å²) in [5, 5.41) is 11.9. The highest BCUT2D eigenvalue weighted by Gasteiger charge is 2.41. The SMILES string of the molecule is CCCC(NC(=O)CC(c1ccc(OC)c(OCC)c1)N1C(=O)c2ccccc2C1=O)C(=O)O. The lowest BCUT2D eigenvalue weighted by atomic mass is 10.00. The highest BCUT2D eigenvalue weighted by Crippen LogP contribution is 2.37. The molecule has 0 saturated heterocycles. The molecule has 9 heteroatoms. The van der Waals surface area contributed by atoms with E-state index < -0.39 is 35.8 Å². The van der Waals surface area contributed by atoms with Gasteiger partial charge in [0.25, 0.3) is 11.8 Å². The molecule has 9 nitrogen and oxygen atoms in total. The number of ether oxygens (including phenoxy) is 2. The summed E-state index contributed by atoms with van der Waals surface area (Å²) in [6.07, 6.45) is 0.516. The van der Waals surface area contributed by atoms with E-state index in [4.69, 9.17) is 9.47 Å². The van der Waals surface area contributed by atoms with Crippen LogP contribution in [-0.2, 0) is 9.59 Å². The van der Waals surface area contributed by atoms with Gasteiger partial charge in [-0.1, -0.05) is 31.5 Å². The Kier molecular flexibility index (Phi) is 7.88. The second-order valence-corrected chi connectivity index (χ2v) is 7.84. The molecule has 1 aliphatic rings. The van der Waals surface area contributed by atoms with Gasteiger partial charge in [-0.05, 0) is 43.2 Å². The molecule has 1 aliphatic heterocycles. The van der Waals surface area contributed by atoms with Crippen LogP contribution in [0.5, 0.6) is 11.5 Å².